The molecular weight excluding hydrogens is 522 g/mol. The van der Waals surface area contributed by atoms with Gasteiger partial charge in [0, 0.05) is 18.5 Å². The van der Waals surface area contributed by atoms with Crippen LogP contribution in [0.5, 0.6) is 5.75 Å². The average molecular weight is 552 g/mol. The molecule has 4 rings (SSSR count). The van der Waals surface area contributed by atoms with Crippen molar-refractivity contribution in [3.05, 3.63) is 28.5 Å². The summed E-state index contributed by atoms with van der Waals surface area (Å²) in [6.07, 6.45) is 0. The minimum absolute atomic E-state index is 0.130. The standard InChI is InChI=1S/C22H29N7O4S3/c1-7-29(8-2)36(31,32)22-17(30)14(10-34-22)23-18-19(26-21-20(25-18)27-35-28-21)24-16(11(3)4)15-9-12(5)13(6)33-15/h9-11,16,30H,7-8H2,1-6H3,(H,23,25,27)(H,24,26,28)/t16-/m1/s1. The van der Waals surface area contributed by atoms with E-state index in [1.165, 1.54) is 4.31 Å². The maximum atomic E-state index is 13.0. The summed E-state index contributed by atoms with van der Waals surface area (Å²) in [5, 5.41) is 18.8. The fraction of sp³-hybridized carbons (Fsp3) is 0.455. The first-order valence-corrected chi connectivity index (χ1v) is 14.5. The lowest BCUT2D eigenvalue weighted by Crippen LogP contribution is -2.30. The summed E-state index contributed by atoms with van der Waals surface area (Å²) in [5.74, 6) is 2.02. The Morgan fingerprint density at radius 1 is 1.11 bits per heavy atom. The van der Waals surface area contributed by atoms with Crippen LogP contribution in [-0.2, 0) is 10.0 Å². The molecule has 0 aliphatic rings. The number of anilines is 3. The number of furan rings is 1. The second kappa shape index (κ2) is 10.3. The van der Waals surface area contributed by atoms with E-state index >= 15 is 0 Å². The fourth-order valence-electron chi connectivity index (χ4n) is 3.71. The van der Waals surface area contributed by atoms with Gasteiger partial charge in [0.1, 0.15) is 11.5 Å². The predicted molar refractivity (Wildman–Crippen MR) is 142 cm³/mol. The van der Waals surface area contributed by atoms with Crippen LogP contribution in [0.2, 0.25) is 0 Å². The zero-order valence-electron chi connectivity index (χ0n) is 20.9. The molecule has 4 heterocycles. The van der Waals surface area contributed by atoms with E-state index in [1.54, 1.807) is 19.2 Å². The van der Waals surface area contributed by atoms with Gasteiger partial charge in [-0.15, -0.1) is 11.3 Å². The third-order valence-electron chi connectivity index (χ3n) is 5.83. The normalized spacial score (nSPS) is 13.1. The Labute approximate surface area is 218 Å². The number of nitrogens with one attached hydrogen (secondary N) is 2. The molecule has 0 bridgehead atoms. The maximum absolute atomic E-state index is 13.0. The van der Waals surface area contributed by atoms with Crippen molar-refractivity contribution in [2.45, 2.75) is 51.8 Å². The van der Waals surface area contributed by atoms with Crippen LogP contribution in [0.1, 0.15) is 50.8 Å². The van der Waals surface area contributed by atoms with Gasteiger partial charge in [-0.05, 0) is 31.4 Å². The van der Waals surface area contributed by atoms with Gasteiger partial charge in [-0.1, -0.05) is 27.7 Å². The molecule has 36 heavy (non-hydrogen) atoms. The van der Waals surface area contributed by atoms with Gasteiger partial charge in [0.15, 0.2) is 21.6 Å². The molecule has 11 nitrogen and oxygen atoms in total. The molecule has 194 valence electrons. The first kappa shape index (κ1) is 26.3. The van der Waals surface area contributed by atoms with E-state index in [-0.39, 0.29) is 33.4 Å². The fourth-order valence-corrected chi connectivity index (χ4v) is 6.98. The summed E-state index contributed by atoms with van der Waals surface area (Å²) < 4.78 is 41.5. The van der Waals surface area contributed by atoms with Crippen LogP contribution in [0.25, 0.3) is 11.3 Å². The SMILES string of the molecule is CCN(CC)S(=O)(=O)c1scc(Nc2nc3nsnc3nc2N[C@@H](c2cc(C)c(C)o2)C(C)C)c1O. The molecule has 0 spiro atoms. The third kappa shape index (κ3) is 4.90. The van der Waals surface area contributed by atoms with Crippen molar-refractivity contribution >= 4 is 61.7 Å². The molecule has 4 aromatic heterocycles. The zero-order valence-corrected chi connectivity index (χ0v) is 23.3. The predicted octanol–water partition coefficient (Wildman–Crippen LogP) is 5.04. The first-order chi connectivity index (χ1) is 17.1. The van der Waals surface area contributed by atoms with E-state index in [9.17, 15) is 13.5 Å². The number of rotatable bonds is 10. The van der Waals surface area contributed by atoms with Gasteiger partial charge >= 0.3 is 0 Å². The Hall–Kier alpha value is -2.81. The number of hydrogen-bond donors (Lipinski definition) is 3. The Morgan fingerprint density at radius 2 is 1.75 bits per heavy atom. The second-order valence-electron chi connectivity index (χ2n) is 8.59. The van der Waals surface area contributed by atoms with Crippen LogP contribution in [0.15, 0.2) is 20.1 Å². The molecule has 0 radical (unpaired) electrons. The van der Waals surface area contributed by atoms with Gasteiger partial charge in [-0.2, -0.15) is 13.1 Å². The lowest BCUT2D eigenvalue weighted by molar-refractivity contribution is 0.407. The van der Waals surface area contributed by atoms with Crippen molar-refractivity contribution in [3.63, 3.8) is 0 Å². The molecule has 0 aliphatic carbocycles. The molecule has 14 heteroatoms. The van der Waals surface area contributed by atoms with Crippen molar-refractivity contribution in [2.24, 2.45) is 5.92 Å². The molecule has 0 amide bonds. The van der Waals surface area contributed by atoms with Gasteiger partial charge in [0.25, 0.3) is 10.0 Å². The van der Waals surface area contributed by atoms with Gasteiger partial charge in [-0.3, -0.25) is 0 Å². The first-order valence-electron chi connectivity index (χ1n) is 11.5. The van der Waals surface area contributed by atoms with Crippen LogP contribution < -0.4 is 10.6 Å². The van der Waals surface area contributed by atoms with E-state index in [2.05, 4.69) is 43.2 Å². The Bertz CT molecular complexity index is 1450. The van der Waals surface area contributed by atoms with Crippen LogP contribution in [0, 0.1) is 19.8 Å². The Kier molecular flexibility index (Phi) is 7.50. The quantitative estimate of drug-likeness (QED) is 0.245. The highest BCUT2D eigenvalue weighted by Crippen LogP contribution is 2.41. The number of hydrogen-bond acceptors (Lipinski definition) is 12. The molecule has 4 aromatic rings. The molecule has 1 atom stereocenters. The van der Waals surface area contributed by atoms with Crippen molar-refractivity contribution in [2.75, 3.05) is 23.7 Å². The monoisotopic (exact) mass is 551 g/mol. The number of sulfonamides is 1. The molecule has 0 aromatic carbocycles. The maximum Gasteiger partial charge on any atom is 0.256 e. The minimum Gasteiger partial charge on any atom is -0.504 e. The van der Waals surface area contributed by atoms with E-state index < -0.39 is 10.0 Å². The van der Waals surface area contributed by atoms with Gasteiger partial charge in [-0.25, -0.2) is 18.4 Å². The van der Waals surface area contributed by atoms with Gasteiger partial charge in [0.05, 0.1) is 23.5 Å². The highest BCUT2D eigenvalue weighted by atomic mass is 32.2. The number of aromatic hydroxyl groups is 1. The number of thiophene rings is 1. The highest BCUT2D eigenvalue weighted by Gasteiger charge is 2.30. The van der Waals surface area contributed by atoms with Crippen molar-refractivity contribution in [3.8, 4) is 5.75 Å². The van der Waals surface area contributed by atoms with Crippen molar-refractivity contribution in [1.82, 2.24) is 23.0 Å². The molecule has 0 fully saturated rings. The third-order valence-corrected chi connectivity index (χ3v) is 9.88. The molecule has 0 aliphatic heterocycles. The van der Waals surface area contributed by atoms with Gasteiger partial charge < -0.3 is 20.2 Å². The number of aryl methyl sites for hydroxylation is 2. The second-order valence-corrected chi connectivity index (χ2v) is 12.1. The largest absolute Gasteiger partial charge is 0.504 e. The minimum atomic E-state index is -3.83. The molecule has 0 unspecified atom stereocenters. The summed E-state index contributed by atoms with van der Waals surface area (Å²) >= 11 is 1.93. The summed E-state index contributed by atoms with van der Waals surface area (Å²) in [6.45, 7) is 12.1. The molecule has 3 N–H and O–H groups in total. The average Bonchev–Trinajstić information content (AvgIpc) is 3.52. The summed E-state index contributed by atoms with van der Waals surface area (Å²) in [5.41, 5.74) is 1.97. The molecule has 0 saturated heterocycles. The number of fused-ring (bicyclic) bond motifs is 1. The molecular formula is C22H29N7O4S3. The summed E-state index contributed by atoms with van der Waals surface area (Å²) in [6, 6.07) is 1.76. The lowest BCUT2D eigenvalue weighted by Gasteiger charge is -2.22. The Morgan fingerprint density at radius 3 is 2.31 bits per heavy atom. The van der Waals surface area contributed by atoms with Crippen LogP contribution in [-0.4, -0.2) is 49.6 Å². The molecule has 0 saturated carbocycles. The van der Waals surface area contributed by atoms with Crippen molar-refractivity contribution in [1.29, 1.82) is 0 Å². The van der Waals surface area contributed by atoms with Gasteiger partial charge in [0.2, 0.25) is 11.3 Å². The topological polar surface area (TPSA) is 146 Å². The van der Waals surface area contributed by atoms with Crippen molar-refractivity contribution < 1.29 is 17.9 Å². The van der Waals surface area contributed by atoms with E-state index in [0.717, 1.165) is 40.1 Å². The van der Waals surface area contributed by atoms with E-state index in [1.807, 2.05) is 19.9 Å². The number of nitrogens with zero attached hydrogens (tertiary/aromatic N) is 5. The van der Waals surface area contributed by atoms with Crippen LogP contribution in [0.3, 0.4) is 0 Å². The lowest BCUT2D eigenvalue weighted by atomic mass is 10.0. The van der Waals surface area contributed by atoms with Crippen LogP contribution >= 0.6 is 23.1 Å². The Balaban J connectivity index is 1.73. The highest BCUT2D eigenvalue weighted by molar-refractivity contribution is 7.91. The van der Waals surface area contributed by atoms with Crippen LogP contribution in [0.4, 0.5) is 17.3 Å². The smallest absolute Gasteiger partial charge is 0.256 e. The summed E-state index contributed by atoms with van der Waals surface area (Å²) in [7, 11) is -3.83. The zero-order chi connectivity index (χ0) is 26.2. The van der Waals surface area contributed by atoms with E-state index in [0.29, 0.717) is 30.2 Å². The number of aromatic nitrogens is 4. The van der Waals surface area contributed by atoms with E-state index in [4.69, 9.17) is 4.42 Å². The summed E-state index contributed by atoms with van der Waals surface area (Å²) in [4.78, 5) is 9.15.